The van der Waals surface area contributed by atoms with Crippen molar-refractivity contribution in [1.82, 2.24) is 9.47 Å². The SMILES string of the molecule is O=C(Nc1cc(NCCN2CCOCC2)c(=O)n(CCF)c1)C1CC(Cl)C(Cl)S1. The maximum absolute atomic E-state index is 12.9. The summed E-state index contributed by atoms with van der Waals surface area (Å²) in [5.74, 6) is -0.228. The normalized spacial score (nSPS) is 25.1. The van der Waals surface area contributed by atoms with Crippen LogP contribution in [0.25, 0.3) is 0 Å². The summed E-state index contributed by atoms with van der Waals surface area (Å²) in [6, 6.07) is 1.59. The summed E-state index contributed by atoms with van der Waals surface area (Å²) in [5.41, 5.74) is 0.440. The van der Waals surface area contributed by atoms with Crippen LogP contribution in [0.3, 0.4) is 0 Å². The number of hydrogen-bond acceptors (Lipinski definition) is 6. The number of ether oxygens (including phenoxy) is 1. The predicted molar refractivity (Wildman–Crippen MR) is 116 cm³/mol. The van der Waals surface area contributed by atoms with Crippen molar-refractivity contribution >= 4 is 52.2 Å². The molecule has 11 heteroatoms. The fourth-order valence-corrected chi connectivity index (χ4v) is 5.30. The van der Waals surface area contributed by atoms with Crippen LogP contribution in [-0.2, 0) is 16.1 Å². The zero-order valence-electron chi connectivity index (χ0n) is 15.9. The van der Waals surface area contributed by atoms with Crippen LogP contribution in [0.5, 0.6) is 0 Å². The Hall–Kier alpha value is -1.00. The van der Waals surface area contributed by atoms with Crippen LogP contribution in [0, 0.1) is 0 Å². The number of nitrogens with zero attached hydrogens (tertiary/aromatic N) is 2. The Kier molecular flexibility index (Phi) is 8.49. The summed E-state index contributed by atoms with van der Waals surface area (Å²) >= 11 is 13.5. The molecule has 2 aliphatic heterocycles. The van der Waals surface area contributed by atoms with E-state index >= 15 is 0 Å². The third-order valence-electron chi connectivity index (χ3n) is 4.84. The smallest absolute Gasteiger partial charge is 0.274 e. The van der Waals surface area contributed by atoms with Gasteiger partial charge in [-0.05, 0) is 12.5 Å². The number of halogens is 3. The number of carbonyl (C=O) groups excluding carboxylic acids is 1. The fraction of sp³-hybridized carbons (Fsp3) is 0.667. The van der Waals surface area contributed by atoms with Crippen LogP contribution in [0.15, 0.2) is 17.1 Å². The molecule has 3 heterocycles. The van der Waals surface area contributed by atoms with E-state index in [1.807, 2.05) is 0 Å². The van der Waals surface area contributed by atoms with E-state index in [1.54, 1.807) is 6.07 Å². The van der Waals surface area contributed by atoms with E-state index in [1.165, 1.54) is 22.5 Å². The number of anilines is 2. The largest absolute Gasteiger partial charge is 0.379 e. The Balaban J connectivity index is 1.66. The van der Waals surface area contributed by atoms with Crippen molar-refractivity contribution in [3.05, 3.63) is 22.6 Å². The van der Waals surface area contributed by atoms with Gasteiger partial charge >= 0.3 is 0 Å². The van der Waals surface area contributed by atoms with Gasteiger partial charge in [-0.1, -0.05) is 0 Å². The third-order valence-corrected chi connectivity index (χ3v) is 7.48. The molecule has 1 aromatic rings. The number of morpholine rings is 1. The molecular weight excluding hydrogens is 442 g/mol. The summed E-state index contributed by atoms with van der Waals surface area (Å²) < 4.78 is 19.2. The van der Waals surface area contributed by atoms with Crippen LogP contribution in [0.2, 0.25) is 0 Å². The topological polar surface area (TPSA) is 75.6 Å². The molecule has 0 radical (unpaired) electrons. The second-order valence-corrected chi connectivity index (χ2v) is 9.57. The van der Waals surface area contributed by atoms with Gasteiger partial charge in [-0.3, -0.25) is 14.5 Å². The average Bonchev–Trinajstić information content (AvgIpc) is 3.05. The molecule has 7 nitrogen and oxygen atoms in total. The molecule has 1 aromatic heterocycles. The minimum Gasteiger partial charge on any atom is -0.379 e. The molecule has 1 amide bonds. The van der Waals surface area contributed by atoms with E-state index in [9.17, 15) is 14.0 Å². The van der Waals surface area contributed by atoms with E-state index in [2.05, 4.69) is 15.5 Å². The second kappa shape index (κ2) is 10.9. The number of nitrogens with one attached hydrogen (secondary N) is 2. The van der Waals surface area contributed by atoms with Gasteiger partial charge < -0.3 is 19.9 Å². The number of carbonyl (C=O) groups is 1. The molecule has 0 saturated carbocycles. The highest BCUT2D eigenvalue weighted by Crippen LogP contribution is 2.39. The Morgan fingerprint density at radius 3 is 2.72 bits per heavy atom. The van der Waals surface area contributed by atoms with Gasteiger partial charge in [0.15, 0.2) is 0 Å². The van der Waals surface area contributed by atoms with E-state index < -0.39 is 6.67 Å². The standard InChI is InChI=1S/C18H25Cl2FN4O3S/c19-13-10-15(29-16(13)20)17(26)23-12-9-14(18(27)25(11-12)3-1-21)22-2-4-24-5-7-28-8-6-24/h9,11,13,15-16,22H,1-8,10H2,(H,23,26). The first-order valence-corrected chi connectivity index (χ1v) is 11.4. The summed E-state index contributed by atoms with van der Waals surface area (Å²) in [4.78, 5) is 27.4. The Morgan fingerprint density at radius 1 is 1.31 bits per heavy atom. The van der Waals surface area contributed by atoms with Crippen molar-refractivity contribution < 1.29 is 13.9 Å². The van der Waals surface area contributed by atoms with Crippen molar-refractivity contribution in [2.45, 2.75) is 28.3 Å². The number of alkyl halides is 3. The lowest BCUT2D eigenvalue weighted by molar-refractivity contribution is -0.115. The van der Waals surface area contributed by atoms with Crippen LogP contribution in [-0.4, -0.2) is 76.8 Å². The highest BCUT2D eigenvalue weighted by atomic mass is 35.5. The van der Waals surface area contributed by atoms with Crippen LogP contribution in [0.4, 0.5) is 15.8 Å². The van der Waals surface area contributed by atoms with E-state index in [0.29, 0.717) is 37.6 Å². The van der Waals surface area contributed by atoms with Gasteiger partial charge in [0.25, 0.3) is 5.56 Å². The monoisotopic (exact) mass is 466 g/mol. The van der Waals surface area contributed by atoms with E-state index in [-0.39, 0.29) is 33.3 Å². The summed E-state index contributed by atoms with van der Waals surface area (Å²) in [6.45, 7) is 3.68. The number of amides is 1. The second-order valence-electron chi connectivity index (χ2n) is 6.93. The lowest BCUT2D eigenvalue weighted by Gasteiger charge is -2.26. The van der Waals surface area contributed by atoms with E-state index in [0.717, 1.165) is 19.6 Å². The molecule has 0 spiro atoms. The molecule has 3 rings (SSSR count). The molecule has 0 aromatic carbocycles. The Bertz CT molecular complexity index is 753. The maximum Gasteiger partial charge on any atom is 0.274 e. The molecular formula is C18H25Cl2FN4O3S. The molecule has 2 saturated heterocycles. The fourth-order valence-electron chi connectivity index (χ4n) is 3.26. The lowest BCUT2D eigenvalue weighted by Crippen LogP contribution is -2.39. The Morgan fingerprint density at radius 2 is 2.07 bits per heavy atom. The number of hydrogen-bond donors (Lipinski definition) is 2. The zero-order chi connectivity index (χ0) is 20.8. The highest BCUT2D eigenvalue weighted by molar-refractivity contribution is 8.02. The first-order valence-electron chi connectivity index (χ1n) is 9.57. The molecule has 29 heavy (non-hydrogen) atoms. The molecule has 0 bridgehead atoms. The molecule has 2 aliphatic rings. The molecule has 3 atom stereocenters. The van der Waals surface area contributed by atoms with Gasteiger partial charge in [0.2, 0.25) is 5.91 Å². The van der Waals surface area contributed by atoms with Crippen LogP contribution < -0.4 is 16.2 Å². The average molecular weight is 467 g/mol. The van der Waals surface area contributed by atoms with Crippen molar-refractivity contribution in [2.75, 3.05) is 56.7 Å². The van der Waals surface area contributed by atoms with Crippen LogP contribution >= 0.6 is 35.0 Å². The van der Waals surface area contributed by atoms with Gasteiger partial charge in [-0.25, -0.2) is 4.39 Å². The number of thioether (sulfide) groups is 1. The number of aromatic nitrogens is 1. The summed E-state index contributed by atoms with van der Waals surface area (Å²) in [7, 11) is 0. The van der Waals surface area contributed by atoms with Gasteiger partial charge in [0.1, 0.15) is 12.4 Å². The number of pyridine rings is 1. The number of aryl methyl sites for hydroxylation is 1. The van der Waals surface area contributed by atoms with Gasteiger partial charge in [-0.15, -0.1) is 35.0 Å². The van der Waals surface area contributed by atoms with Gasteiger partial charge in [0.05, 0.1) is 40.8 Å². The first kappa shape index (κ1) is 22.7. The highest BCUT2D eigenvalue weighted by Gasteiger charge is 2.36. The van der Waals surface area contributed by atoms with Crippen LogP contribution in [0.1, 0.15) is 6.42 Å². The van der Waals surface area contributed by atoms with E-state index in [4.69, 9.17) is 27.9 Å². The maximum atomic E-state index is 12.9. The van der Waals surface area contributed by atoms with Crippen molar-refractivity contribution in [3.63, 3.8) is 0 Å². The first-order chi connectivity index (χ1) is 14.0. The molecule has 2 N–H and O–H groups in total. The third kappa shape index (κ3) is 6.24. The predicted octanol–water partition coefficient (Wildman–Crippen LogP) is 2.18. The molecule has 2 fully saturated rings. The van der Waals surface area contributed by atoms with Gasteiger partial charge in [-0.2, -0.15) is 0 Å². The quantitative estimate of drug-likeness (QED) is 0.571. The lowest BCUT2D eigenvalue weighted by atomic mass is 10.2. The molecule has 162 valence electrons. The van der Waals surface area contributed by atoms with Crippen molar-refractivity contribution in [2.24, 2.45) is 0 Å². The van der Waals surface area contributed by atoms with Crippen molar-refractivity contribution in [3.8, 4) is 0 Å². The minimum atomic E-state index is -0.676. The minimum absolute atomic E-state index is 0.0770. The van der Waals surface area contributed by atoms with Crippen molar-refractivity contribution in [1.29, 1.82) is 0 Å². The zero-order valence-corrected chi connectivity index (χ0v) is 18.2. The molecule has 3 unspecified atom stereocenters. The summed E-state index contributed by atoms with van der Waals surface area (Å²) in [6.07, 6.45) is 1.93. The number of rotatable bonds is 8. The van der Waals surface area contributed by atoms with Gasteiger partial charge in [0, 0.05) is 32.4 Å². The molecule has 0 aliphatic carbocycles. The Labute approximate surface area is 183 Å². The summed E-state index contributed by atoms with van der Waals surface area (Å²) in [5, 5.41) is 5.29.